The zero-order valence-electron chi connectivity index (χ0n) is 19.1. The molecule has 2 aliphatic rings. The molecule has 8 nitrogen and oxygen atoms in total. The molecule has 4 aromatic rings. The van der Waals surface area contributed by atoms with Gasteiger partial charge in [-0.3, -0.25) is 14.5 Å². The van der Waals surface area contributed by atoms with Gasteiger partial charge in [-0.15, -0.1) is 0 Å². The molecule has 3 aromatic carbocycles. The first-order valence-electron chi connectivity index (χ1n) is 11.6. The van der Waals surface area contributed by atoms with Crippen molar-refractivity contribution in [2.45, 2.75) is 6.54 Å². The number of fused-ring (bicyclic) bond motifs is 2. The molecule has 2 aliphatic heterocycles. The molecular formula is C27H24N4O4. The molecule has 6 rings (SSSR count). The van der Waals surface area contributed by atoms with Crippen LogP contribution in [-0.2, 0) is 6.54 Å². The molecule has 3 heterocycles. The van der Waals surface area contributed by atoms with Crippen molar-refractivity contribution in [1.82, 2.24) is 19.6 Å². The maximum absolute atomic E-state index is 13.6. The van der Waals surface area contributed by atoms with E-state index in [1.807, 2.05) is 65.6 Å². The Morgan fingerprint density at radius 1 is 0.829 bits per heavy atom. The van der Waals surface area contributed by atoms with Crippen LogP contribution in [0.2, 0.25) is 0 Å². The van der Waals surface area contributed by atoms with Gasteiger partial charge in [-0.2, -0.15) is 9.78 Å². The molecule has 0 saturated carbocycles. The lowest BCUT2D eigenvalue weighted by molar-refractivity contribution is 0.0623. The minimum Gasteiger partial charge on any atom is -0.454 e. The van der Waals surface area contributed by atoms with Crippen molar-refractivity contribution in [3.63, 3.8) is 0 Å². The molecule has 0 spiro atoms. The average molecular weight is 469 g/mol. The number of ether oxygens (including phenoxy) is 2. The van der Waals surface area contributed by atoms with Crippen molar-refractivity contribution in [1.29, 1.82) is 0 Å². The highest BCUT2D eigenvalue weighted by molar-refractivity contribution is 6.04. The van der Waals surface area contributed by atoms with Gasteiger partial charge in [0.2, 0.25) is 6.79 Å². The smallest absolute Gasteiger partial charge is 0.279 e. The van der Waals surface area contributed by atoms with Crippen LogP contribution in [0.15, 0.2) is 77.6 Å². The van der Waals surface area contributed by atoms with Gasteiger partial charge < -0.3 is 14.4 Å². The first-order chi connectivity index (χ1) is 17.2. The zero-order valence-corrected chi connectivity index (χ0v) is 19.1. The van der Waals surface area contributed by atoms with Crippen molar-refractivity contribution in [2.24, 2.45) is 0 Å². The van der Waals surface area contributed by atoms with Crippen LogP contribution in [-0.4, -0.2) is 58.5 Å². The predicted octanol–water partition coefficient (Wildman–Crippen LogP) is 3.07. The third kappa shape index (κ3) is 4.02. The number of amides is 1. The Kier molecular flexibility index (Phi) is 5.42. The van der Waals surface area contributed by atoms with Crippen molar-refractivity contribution in [2.75, 3.05) is 33.0 Å². The fraction of sp³-hybridized carbons (Fsp3) is 0.222. The number of benzene rings is 3. The number of nitrogens with zero attached hydrogens (tertiary/aromatic N) is 4. The van der Waals surface area contributed by atoms with Crippen LogP contribution >= 0.6 is 0 Å². The molecule has 1 fully saturated rings. The van der Waals surface area contributed by atoms with Gasteiger partial charge in [-0.05, 0) is 35.9 Å². The molecule has 0 atom stereocenters. The Morgan fingerprint density at radius 3 is 2.34 bits per heavy atom. The lowest BCUT2D eigenvalue weighted by atomic mass is 10.1. The van der Waals surface area contributed by atoms with E-state index in [-0.39, 0.29) is 18.3 Å². The van der Waals surface area contributed by atoms with E-state index in [1.54, 1.807) is 12.1 Å². The van der Waals surface area contributed by atoms with Crippen molar-refractivity contribution in [3.05, 3.63) is 94.4 Å². The lowest BCUT2D eigenvalue weighted by Crippen LogP contribution is -2.48. The summed E-state index contributed by atoms with van der Waals surface area (Å²) in [5, 5.41) is 5.60. The van der Waals surface area contributed by atoms with E-state index in [4.69, 9.17) is 9.47 Å². The quantitative estimate of drug-likeness (QED) is 0.458. The summed E-state index contributed by atoms with van der Waals surface area (Å²) < 4.78 is 12.2. The largest absolute Gasteiger partial charge is 0.454 e. The van der Waals surface area contributed by atoms with Gasteiger partial charge in [-0.1, -0.05) is 42.5 Å². The standard InChI is InChI=1S/C27H24N4O4/c32-26-22-9-5-4-8-21(22)25(28-31(26)20-6-2-1-3-7-20)27(33)30-14-12-29(13-15-30)17-19-10-11-23-24(16-19)35-18-34-23/h1-11,16H,12-15,17-18H2. The molecule has 8 heteroatoms. The zero-order chi connectivity index (χ0) is 23.8. The van der Waals surface area contributed by atoms with Crippen LogP contribution in [0, 0.1) is 0 Å². The van der Waals surface area contributed by atoms with E-state index in [9.17, 15) is 9.59 Å². The summed E-state index contributed by atoms with van der Waals surface area (Å²) >= 11 is 0. The predicted molar refractivity (Wildman–Crippen MR) is 131 cm³/mol. The van der Waals surface area contributed by atoms with Crippen LogP contribution in [0.25, 0.3) is 16.5 Å². The molecule has 0 unspecified atom stereocenters. The third-order valence-electron chi connectivity index (χ3n) is 6.51. The normalized spacial score (nSPS) is 15.5. The van der Waals surface area contributed by atoms with E-state index >= 15 is 0 Å². The highest BCUT2D eigenvalue weighted by Crippen LogP contribution is 2.33. The van der Waals surface area contributed by atoms with Gasteiger partial charge in [0.05, 0.1) is 11.1 Å². The van der Waals surface area contributed by atoms with E-state index in [2.05, 4.69) is 10.00 Å². The Labute approximate surface area is 201 Å². The Bertz CT molecular complexity index is 1460. The summed E-state index contributed by atoms with van der Waals surface area (Å²) in [5.41, 5.74) is 1.84. The number of piperazine rings is 1. The van der Waals surface area contributed by atoms with Gasteiger partial charge in [0.1, 0.15) is 0 Å². The van der Waals surface area contributed by atoms with Crippen LogP contribution in [0.4, 0.5) is 0 Å². The monoisotopic (exact) mass is 468 g/mol. The summed E-state index contributed by atoms with van der Waals surface area (Å²) in [6, 6.07) is 22.4. The minimum absolute atomic E-state index is 0.159. The molecule has 1 aromatic heterocycles. The topological polar surface area (TPSA) is 76.9 Å². The molecule has 1 amide bonds. The number of carbonyl (C=O) groups excluding carboxylic acids is 1. The van der Waals surface area contributed by atoms with Crippen LogP contribution in [0.1, 0.15) is 16.1 Å². The number of hydrogen-bond acceptors (Lipinski definition) is 6. The average Bonchev–Trinajstić information content (AvgIpc) is 3.38. The van der Waals surface area contributed by atoms with Crippen LogP contribution in [0.3, 0.4) is 0 Å². The lowest BCUT2D eigenvalue weighted by Gasteiger charge is -2.34. The van der Waals surface area contributed by atoms with Crippen molar-refractivity contribution >= 4 is 16.7 Å². The van der Waals surface area contributed by atoms with Crippen LogP contribution in [0.5, 0.6) is 11.5 Å². The summed E-state index contributed by atoms with van der Waals surface area (Å²) in [7, 11) is 0. The molecule has 1 saturated heterocycles. The van der Waals surface area contributed by atoms with E-state index in [0.29, 0.717) is 35.2 Å². The second-order valence-electron chi connectivity index (χ2n) is 8.70. The summed E-state index contributed by atoms with van der Waals surface area (Å²) in [4.78, 5) is 30.9. The molecule has 35 heavy (non-hydrogen) atoms. The number of hydrogen-bond donors (Lipinski definition) is 0. The number of aromatic nitrogens is 2. The summed E-state index contributed by atoms with van der Waals surface area (Å²) in [6.07, 6.45) is 0. The fourth-order valence-corrected chi connectivity index (χ4v) is 4.65. The fourth-order valence-electron chi connectivity index (χ4n) is 4.65. The maximum Gasteiger partial charge on any atom is 0.279 e. The second kappa shape index (κ2) is 8.88. The Hall–Kier alpha value is -4.17. The first kappa shape index (κ1) is 21.4. The highest BCUT2D eigenvalue weighted by Gasteiger charge is 2.26. The van der Waals surface area contributed by atoms with Gasteiger partial charge in [0.25, 0.3) is 11.5 Å². The molecule has 0 aliphatic carbocycles. The molecule has 0 bridgehead atoms. The van der Waals surface area contributed by atoms with Gasteiger partial charge >= 0.3 is 0 Å². The SMILES string of the molecule is O=C(c1nn(-c2ccccc2)c(=O)c2ccccc12)N1CCN(Cc2ccc3c(c2)OCO3)CC1. The maximum atomic E-state index is 13.6. The van der Waals surface area contributed by atoms with E-state index in [1.165, 1.54) is 4.68 Å². The summed E-state index contributed by atoms with van der Waals surface area (Å²) in [5.74, 6) is 1.40. The number of rotatable bonds is 4. The van der Waals surface area contributed by atoms with Gasteiger partial charge in [0.15, 0.2) is 17.2 Å². The molecule has 0 N–H and O–H groups in total. The molecular weight excluding hydrogens is 444 g/mol. The number of para-hydroxylation sites is 1. The van der Waals surface area contributed by atoms with Gasteiger partial charge in [0, 0.05) is 38.1 Å². The van der Waals surface area contributed by atoms with E-state index < -0.39 is 0 Å². The van der Waals surface area contributed by atoms with Crippen LogP contribution < -0.4 is 15.0 Å². The third-order valence-corrected chi connectivity index (χ3v) is 6.51. The molecule has 176 valence electrons. The van der Waals surface area contributed by atoms with Gasteiger partial charge in [-0.25, -0.2) is 0 Å². The second-order valence-corrected chi connectivity index (χ2v) is 8.70. The Balaban J connectivity index is 1.23. The summed E-state index contributed by atoms with van der Waals surface area (Å²) in [6.45, 7) is 3.71. The minimum atomic E-state index is -0.239. The first-order valence-corrected chi connectivity index (χ1v) is 11.6. The van der Waals surface area contributed by atoms with E-state index in [0.717, 1.165) is 36.7 Å². The molecule has 0 radical (unpaired) electrons. The number of carbonyl (C=O) groups is 1. The van der Waals surface area contributed by atoms with Crippen molar-refractivity contribution < 1.29 is 14.3 Å². The Morgan fingerprint density at radius 2 is 1.54 bits per heavy atom. The highest BCUT2D eigenvalue weighted by atomic mass is 16.7. The van der Waals surface area contributed by atoms with Crippen molar-refractivity contribution in [3.8, 4) is 17.2 Å².